The number of rotatable bonds is 3. The van der Waals surface area contributed by atoms with Crippen LogP contribution in [0.2, 0.25) is 0 Å². The Balaban J connectivity index is 2.29. The van der Waals surface area contributed by atoms with Crippen molar-refractivity contribution in [2.24, 2.45) is 4.99 Å². The summed E-state index contributed by atoms with van der Waals surface area (Å²) in [6, 6.07) is 9.47. The maximum atomic E-state index is 11.6. The van der Waals surface area contributed by atoms with Gasteiger partial charge in [0.2, 0.25) is 0 Å². The van der Waals surface area contributed by atoms with Gasteiger partial charge < -0.3 is 10.1 Å². The summed E-state index contributed by atoms with van der Waals surface area (Å²) in [5.74, 6) is -0.718. The molecule has 5 nitrogen and oxygen atoms in total. The average Bonchev–Trinajstić information content (AvgIpc) is 2.47. The van der Waals surface area contributed by atoms with E-state index in [1.807, 2.05) is 30.3 Å². The third-order valence-corrected chi connectivity index (χ3v) is 3.06. The normalized spacial score (nSPS) is 15.4. The van der Waals surface area contributed by atoms with E-state index >= 15 is 0 Å². The number of carbonyl (C=O) groups excluding carboxylic acids is 1. The number of thiol groups is 1. The van der Waals surface area contributed by atoms with Gasteiger partial charge in [-0.25, -0.2) is 4.79 Å². The van der Waals surface area contributed by atoms with E-state index in [2.05, 4.69) is 27.7 Å². The Morgan fingerprint density at radius 2 is 2.21 bits per heavy atom. The first-order valence-electron chi connectivity index (χ1n) is 5.55. The van der Waals surface area contributed by atoms with Crippen LogP contribution in [0.3, 0.4) is 0 Å². The molecule has 0 radical (unpaired) electrons. The maximum absolute atomic E-state index is 11.6. The predicted octanol–water partition coefficient (Wildman–Crippen LogP) is 1.24. The number of nitrogens with one attached hydrogen (secondary N) is 1. The van der Waals surface area contributed by atoms with E-state index in [1.54, 1.807) is 6.20 Å². The van der Waals surface area contributed by atoms with E-state index in [0.29, 0.717) is 18.0 Å². The van der Waals surface area contributed by atoms with Gasteiger partial charge in [0.25, 0.3) is 6.26 Å². The first-order valence-corrected chi connectivity index (χ1v) is 6.07. The highest BCUT2D eigenvalue weighted by atomic mass is 32.1. The van der Waals surface area contributed by atoms with Crippen molar-refractivity contribution in [3.63, 3.8) is 0 Å². The van der Waals surface area contributed by atoms with Gasteiger partial charge in [0, 0.05) is 17.3 Å². The van der Waals surface area contributed by atoms with Crippen LogP contribution in [-0.2, 0) is 9.53 Å². The molecular formula is C13H11N3O2S. The molecule has 0 saturated carbocycles. The van der Waals surface area contributed by atoms with Crippen LogP contribution in [0.4, 0.5) is 0 Å². The highest BCUT2D eigenvalue weighted by Crippen LogP contribution is 2.19. The third-order valence-electron chi connectivity index (χ3n) is 2.57. The molecule has 1 aliphatic rings. The summed E-state index contributed by atoms with van der Waals surface area (Å²) in [5, 5.41) is 10.4. The van der Waals surface area contributed by atoms with Crippen LogP contribution in [0, 0.1) is 11.5 Å². The van der Waals surface area contributed by atoms with Gasteiger partial charge in [0.15, 0.2) is 0 Å². The Morgan fingerprint density at radius 3 is 2.89 bits per heavy atom. The summed E-state index contributed by atoms with van der Waals surface area (Å²) in [6.45, 7) is 0.432. The van der Waals surface area contributed by atoms with Crippen LogP contribution in [0.5, 0.6) is 0 Å². The fourth-order valence-electron chi connectivity index (χ4n) is 1.73. The van der Waals surface area contributed by atoms with Crippen molar-refractivity contribution in [1.82, 2.24) is 5.32 Å². The van der Waals surface area contributed by atoms with Gasteiger partial charge in [0.05, 0.1) is 5.71 Å². The summed E-state index contributed by atoms with van der Waals surface area (Å²) < 4.78 is 4.31. The van der Waals surface area contributed by atoms with Crippen molar-refractivity contribution in [2.75, 3.05) is 6.67 Å². The number of ether oxygens (including phenoxy) is 1. The molecule has 6 heteroatoms. The highest BCUT2D eigenvalue weighted by Gasteiger charge is 2.26. The van der Waals surface area contributed by atoms with Crippen molar-refractivity contribution >= 4 is 24.3 Å². The lowest BCUT2D eigenvalue weighted by Gasteiger charge is -2.19. The molecule has 0 fully saturated rings. The van der Waals surface area contributed by atoms with E-state index < -0.39 is 11.2 Å². The van der Waals surface area contributed by atoms with Crippen LogP contribution in [0.1, 0.15) is 5.56 Å². The Labute approximate surface area is 116 Å². The number of benzene rings is 1. The van der Waals surface area contributed by atoms with Crippen molar-refractivity contribution < 1.29 is 9.53 Å². The summed E-state index contributed by atoms with van der Waals surface area (Å²) >= 11 is 4.20. The first kappa shape index (κ1) is 13.2. The SMILES string of the molecule is N#COC(=O)C(S)C1=CNCN=C1c1ccccc1. The molecular weight excluding hydrogens is 262 g/mol. The Kier molecular flexibility index (Phi) is 4.21. The van der Waals surface area contributed by atoms with Gasteiger partial charge in [-0.1, -0.05) is 30.3 Å². The number of hydrogen-bond donors (Lipinski definition) is 2. The topological polar surface area (TPSA) is 74.5 Å². The molecule has 1 aromatic rings. The van der Waals surface area contributed by atoms with E-state index in [9.17, 15) is 4.79 Å². The quantitative estimate of drug-likeness (QED) is 0.493. The van der Waals surface area contributed by atoms with E-state index in [4.69, 9.17) is 5.26 Å². The molecule has 1 aromatic carbocycles. The molecule has 96 valence electrons. The van der Waals surface area contributed by atoms with Crippen molar-refractivity contribution in [3.8, 4) is 6.26 Å². The van der Waals surface area contributed by atoms with Gasteiger partial charge in [-0.05, 0) is 0 Å². The summed E-state index contributed by atoms with van der Waals surface area (Å²) in [4.78, 5) is 15.9. The monoisotopic (exact) mass is 273 g/mol. The van der Waals surface area contributed by atoms with Crippen LogP contribution in [0.25, 0.3) is 0 Å². The second-order valence-corrected chi connectivity index (χ2v) is 4.27. The molecule has 0 aromatic heterocycles. The van der Waals surface area contributed by atoms with Gasteiger partial charge in [-0.2, -0.15) is 12.6 Å². The van der Waals surface area contributed by atoms with Crippen molar-refractivity contribution in [2.45, 2.75) is 5.25 Å². The maximum Gasteiger partial charge on any atom is 0.338 e. The molecule has 0 amide bonds. The lowest BCUT2D eigenvalue weighted by molar-refractivity contribution is -0.135. The van der Waals surface area contributed by atoms with Crippen LogP contribution in [0.15, 0.2) is 47.1 Å². The molecule has 0 spiro atoms. The largest absolute Gasteiger partial charge is 0.372 e. The minimum absolute atomic E-state index is 0.432. The molecule has 2 rings (SSSR count). The minimum atomic E-state index is -0.855. The second kappa shape index (κ2) is 6.07. The fourth-order valence-corrected chi connectivity index (χ4v) is 1.98. The average molecular weight is 273 g/mol. The number of esters is 1. The lowest BCUT2D eigenvalue weighted by atomic mass is 9.99. The molecule has 0 saturated heterocycles. The van der Waals surface area contributed by atoms with Gasteiger partial charge in [-0.15, -0.1) is 5.26 Å². The zero-order chi connectivity index (χ0) is 13.7. The molecule has 0 aliphatic carbocycles. The van der Waals surface area contributed by atoms with Gasteiger partial charge in [-0.3, -0.25) is 4.99 Å². The van der Waals surface area contributed by atoms with Crippen LogP contribution >= 0.6 is 12.6 Å². The molecule has 1 aliphatic heterocycles. The molecule has 19 heavy (non-hydrogen) atoms. The third kappa shape index (κ3) is 2.95. The lowest BCUT2D eigenvalue weighted by Crippen LogP contribution is -2.29. The summed E-state index contributed by atoms with van der Waals surface area (Å²) in [6.07, 6.45) is 3.03. The number of nitriles is 1. The van der Waals surface area contributed by atoms with Crippen molar-refractivity contribution in [1.29, 1.82) is 5.26 Å². The number of aliphatic imine (C=N–C) groups is 1. The van der Waals surface area contributed by atoms with Gasteiger partial charge in [0.1, 0.15) is 11.9 Å². The molecule has 1 N–H and O–H groups in total. The zero-order valence-electron chi connectivity index (χ0n) is 9.91. The van der Waals surface area contributed by atoms with E-state index in [-0.39, 0.29) is 0 Å². The molecule has 1 heterocycles. The fraction of sp³-hybridized carbons (Fsp3) is 0.154. The zero-order valence-corrected chi connectivity index (χ0v) is 10.8. The van der Waals surface area contributed by atoms with E-state index in [1.165, 1.54) is 6.26 Å². The van der Waals surface area contributed by atoms with E-state index in [0.717, 1.165) is 5.56 Å². The van der Waals surface area contributed by atoms with Gasteiger partial charge >= 0.3 is 5.97 Å². The number of carbonyl (C=O) groups is 1. The molecule has 1 atom stereocenters. The Morgan fingerprint density at radius 1 is 1.47 bits per heavy atom. The van der Waals surface area contributed by atoms with Crippen LogP contribution in [-0.4, -0.2) is 23.6 Å². The minimum Gasteiger partial charge on any atom is -0.372 e. The summed E-state index contributed by atoms with van der Waals surface area (Å²) in [7, 11) is 0. The summed E-state index contributed by atoms with van der Waals surface area (Å²) in [5.41, 5.74) is 2.15. The second-order valence-electron chi connectivity index (χ2n) is 3.75. The standard InChI is InChI=1S/C13H11N3O2S/c14-7-18-13(17)12(19)10-6-15-8-16-11(10)9-4-2-1-3-5-9/h1-6,12,15,19H,8H2. The smallest absolute Gasteiger partial charge is 0.338 e. The first-order chi connectivity index (χ1) is 9.24. The van der Waals surface area contributed by atoms with Crippen LogP contribution < -0.4 is 5.32 Å². The number of hydrogen-bond acceptors (Lipinski definition) is 6. The predicted molar refractivity (Wildman–Crippen MR) is 73.5 cm³/mol. The number of nitrogens with zero attached hydrogens (tertiary/aromatic N) is 2. The highest BCUT2D eigenvalue weighted by molar-refractivity contribution is 7.82. The Bertz CT molecular complexity index is 575. The molecule has 1 unspecified atom stereocenters. The Hall–Kier alpha value is -2.26. The van der Waals surface area contributed by atoms with Crippen molar-refractivity contribution in [3.05, 3.63) is 47.7 Å². The molecule has 0 bridgehead atoms.